The zero-order chi connectivity index (χ0) is 16.3. The molecule has 2 aromatic heterocycles. The smallest absolute Gasteiger partial charge is 0.350 e. The molecule has 0 aliphatic heterocycles. The van der Waals surface area contributed by atoms with Crippen LogP contribution in [0.5, 0.6) is 0 Å². The second-order valence-corrected chi connectivity index (χ2v) is 4.56. The van der Waals surface area contributed by atoms with Crippen LogP contribution in [0.25, 0.3) is 0 Å². The van der Waals surface area contributed by atoms with Gasteiger partial charge in [-0.05, 0) is 18.2 Å². The van der Waals surface area contributed by atoms with E-state index in [-0.39, 0.29) is 18.7 Å². The average molecular weight is 314 g/mol. The number of carbonyl (C=O) groups is 1. The lowest BCUT2D eigenvalue weighted by atomic mass is 10.2. The minimum atomic E-state index is -4.50. The molecule has 2 rings (SSSR count). The van der Waals surface area contributed by atoms with Crippen LogP contribution in [0.1, 0.15) is 16.1 Å². The first-order chi connectivity index (χ1) is 10.3. The quantitative estimate of drug-likeness (QED) is 0.916. The lowest BCUT2D eigenvalue weighted by Crippen LogP contribution is -2.33. The zero-order valence-corrected chi connectivity index (χ0v) is 11.6. The summed E-state index contributed by atoms with van der Waals surface area (Å²) in [6.45, 7) is 0.116. The predicted octanol–water partition coefficient (Wildman–Crippen LogP) is 1.03. The number of rotatable bonds is 4. The molecule has 0 saturated carbocycles. The maximum atomic E-state index is 12.4. The summed E-state index contributed by atoms with van der Waals surface area (Å²) < 4.78 is 39.5. The van der Waals surface area contributed by atoms with Crippen molar-refractivity contribution in [2.45, 2.75) is 12.7 Å². The van der Waals surface area contributed by atoms with E-state index in [0.29, 0.717) is 0 Å². The summed E-state index contributed by atoms with van der Waals surface area (Å²) in [6.07, 6.45) is -1.80. The number of alkyl halides is 3. The molecule has 22 heavy (non-hydrogen) atoms. The van der Waals surface area contributed by atoms with Crippen molar-refractivity contribution in [1.82, 2.24) is 19.7 Å². The highest BCUT2D eigenvalue weighted by molar-refractivity contribution is 5.93. The molecular formula is C13H13F3N4O2. The second-order valence-electron chi connectivity index (χ2n) is 4.56. The van der Waals surface area contributed by atoms with Crippen LogP contribution in [0.4, 0.5) is 13.2 Å². The van der Waals surface area contributed by atoms with Gasteiger partial charge in [0.1, 0.15) is 5.56 Å². The summed E-state index contributed by atoms with van der Waals surface area (Å²) in [5, 5.41) is 5.83. The minimum absolute atomic E-state index is 0.0264. The van der Waals surface area contributed by atoms with Crippen LogP contribution in [-0.2, 0) is 19.8 Å². The number of aromatic nitrogens is 3. The van der Waals surface area contributed by atoms with Crippen molar-refractivity contribution in [1.29, 1.82) is 0 Å². The average Bonchev–Trinajstić information content (AvgIpc) is 2.90. The van der Waals surface area contributed by atoms with Crippen molar-refractivity contribution in [3.05, 3.63) is 52.2 Å². The molecule has 9 heteroatoms. The van der Waals surface area contributed by atoms with Gasteiger partial charge in [0.25, 0.3) is 11.5 Å². The third-order valence-electron chi connectivity index (χ3n) is 2.93. The van der Waals surface area contributed by atoms with Gasteiger partial charge in [-0.2, -0.15) is 18.3 Å². The van der Waals surface area contributed by atoms with Gasteiger partial charge in [0.2, 0.25) is 0 Å². The Hall–Kier alpha value is -2.58. The van der Waals surface area contributed by atoms with Crippen LogP contribution >= 0.6 is 0 Å². The number of pyridine rings is 1. The number of nitrogens with one attached hydrogen (secondary N) is 1. The summed E-state index contributed by atoms with van der Waals surface area (Å²) >= 11 is 0. The number of hydrogen-bond donors (Lipinski definition) is 1. The molecule has 1 N–H and O–H groups in total. The van der Waals surface area contributed by atoms with E-state index in [2.05, 4.69) is 10.4 Å². The lowest BCUT2D eigenvalue weighted by molar-refractivity contribution is -0.141. The largest absolute Gasteiger partial charge is 0.435 e. The molecule has 1 amide bonds. The summed E-state index contributed by atoms with van der Waals surface area (Å²) in [5.74, 6) is -0.579. The Balaban J connectivity index is 1.94. The van der Waals surface area contributed by atoms with Gasteiger partial charge in [0.15, 0.2) is 5.69 Å². The molecule has 0 saturated heterocycles. The molecule has 0 aromatic carbocycles. The van der Waals surface area contributed by atoms with Crippen molar-refractivity contribution in [2.75, 3.05) is 6.54 Å². The first kappa shape index (κ1) is 15.8. The molecular weight excluding hydrogens is 301 g/mol. The predicted molar refractivity (Wildman–Crippen MR) is 71.2 cm³/mol. The third-order valence-corrected chi connectivity index (χ3v) is 2.93. The van der Waals surface area contributed by atoms with Gasteiger partial charge >= 0.3 is 6.18 Å². The Morgan fingerprint density at radius 3 is 2.68 bits per heavy atom. The van der Waals surface area contributed by atoms with E-state index < -0.39 is 23.3 Å². The number of nitrogens with zero attached hydrogens (tertiary/aromatic N) is 3. The Morgan fingerprint density at radius 1 is 1.32 bits per heavy atom. The van der Waals surface area contributed by atoms with Crippen molar-refractivity contribution < 1.29 is 18.0 Å². The van der Waals surface area contributed by atoms with Crippen molar-refractivity contribution in [3.63, 3.8) is 0 Å². The highest BCUT2D eigenvalue weighted by atomic mass is 19.4. The molecule has 2 aromatic rings. The van der Waals surface area contributed by atoms with Gasteiger partial charge in [0.05, 0.1) is 6.54 Å². The van der Waals surface area contributed by atoms with E-state index >= 15 is 0 Å². The normalized spacial score (nSPS) is 11.5. The lowest BCUT2D eigenvalue weighted by Gasteiger charge is -2.06. The molecule has 118 valence electrons. The van der Waals surface area contributed by atoms with E-state index in [1.165, 1.54) is 30.1 Å². The Labute approximate surface area is 123 Å². The van der Waals surface area contributed by atoms with Crippen LogP contribution in [0, 0.1) is 0 Å². The van der Waals surface area contributed by atoms with Gasteiger partial charge in [-0.15, -0.1) is 0 Å². The molecule has 0 spiro atoms. The van der Waals surface area contributed by atoms with Crippen LogP contribution in [-0.4, -0.2) is 26.8 Å². The van der Waals surface area contributed by atoms with Gasteiger partial charge in [-0.1, -0.05) is 0 Å². The molecule has 0 unspecified atom stereocenters. The van der Waals surface area contributed by atoms with Gasteiger partial charge in [-0.3, -0.25) is 14.3 Å². The summed E-state index contributed by atoms with van der Waals surface area (Å²) in [4.78, 5) is 23.6. The fraction of sp³-hybridized carbons (Fsp3) is 0.308. The third kappa shape index (κ3) is 3.54. The number of carbonyl (C=O) groups excluding carboxylic acids is 1. The zero-order valence-electron chi connectivity index (χ0n) is 11.6. The summed E-state index contributed by atoms with van der Waals surface area (Å²) in [6, 6.07) is 3.79. The van der Waals surface area contributed by atoms with E-state index in [9.17, 15) is 22.8 Å². The molecule has 0 atom stereocenters. The molecule has 0 fully saturated rings. The monoisotopic (exact) mass is 314 g/mol. The van der Waals surface area contributed by atoms with Crippen LogP contribution in [0.3, 0.4) is 0 Å². The van der Waals surface area contributed by atoms with Crippen LogP contribution in [0.2, 0.25) is 0 Å². The molecule has 0 aliphatic rings. The van der Waals surface area contributed by atoms with Crippen molar-refractivity contribution in [3.8, 4) is 0 Å². The van der Waals surface area contributed by atoms with Gasteiger partial charge < -0.3 is 9.88 Å². The van der Waals surface area contributed by atoms with E-state index in [4.69, 9.17) is 0 Å². The first-order valence-corrected chi connectivity index (χ1v) is 6.33. The summed E-state index contributed by atoms with van der Waals surface area (Å²) in [5.41, 5.74) is -1.46. The van der Waals surface area contributed by atoms with Crippen LogP contribution < -0.4 is 10.9 Å². The van der Waals surface area contributed by atoms with Gasteiger partial charge in [0, 0.05) is 26.0 Å². The molecule has 0 radical (unpaired) electrons. The highest BCUT2D eigenvalue weighted by Gasteiger charge is 2.33. The Morgan fingerprint density at radius 2 is 2.05 bits per heavy atom. The number of amides is 1. The number of hydrogen-bond acceptors (Lipinski definition) is 3. The molecule has 6 nitrogen and oxygen atoms in total. The molecule has 0 bridgehead atoms. The summed E-state index contributed by atoms with van der Waals surface area (Å²) in [7, 11) is 1.52. The maximum Gasteiger partial charge on any atom is 0.435 e. The molecule has 2 heterocycles. The minimum Gasteiger partial charge on any atom is -0.350 e. The molecule has 0 aliphatic carbocycles. The SMILES string of the molecule is Cn1cccc(C(=O)NCCn2ccc(C(F)(F)F)n2)c1=O. The van der Waals surface area contributed by atoms with Crippen molar-refractivity contribution >= 4 is 5.91 Å². The van der Waals surface area contributed by atoms with Crippen LogP contribution in [0.15, 0.2) is 35.4 Å². The van der Waals surface area contributed by atoms with E-state index in [1.807, 2.05) is 0 Å². The number of aryl methyl sites for hydroxylation is 1. The topological polar surface area (TPSA) is 68.9 Å². The Kier molecular flexibility index (Phi) is 4.34. The van der Waals surface area contributed by atoms with E-state index in [0.717, 1.165) is 10.7 Å². The van der Waals surface area contributed by atoms with E-state index in [1.54, 1.807) is 6.07 Å². The fourth-order valence-electron chi connectivity index (χ4n) is 1.79. The maximum absolute atomic E-state index is 12.4. The first-order valence-electron chi connectivity index (χ1n) is 6.33. The van der Waals surface area contributed by atoms with Gasteiger partial charge in [-0.25, -0.2) is 0 Å². The number of halogens is 3. The Bertz CT molecular complexity index is 733. The second kappa shape index (κ2) is 6.04. The van der Waals surface area contributed by atoms with Crippen molar-refractivity contribution in [2.24, 2.45) is 7.05 Å². The fourth-order valence-corrected chi connectivity index (χ4v) is 1.79. The highest BCUT2D eigenvalue weighted by Crippen LogP contribution is 2.27. The standard InChI is InChI=1S/C13H13F3N4O2/c1-19-6-2-3-9(12(19)22)11(21)17-5-8-20-7-4-10(18-20)13(14,15)16/h2-4,6-7H,5,8H2,1H3,(H,17,21).